The summed E-state index contributed by atoms with van der Waals surface area (Å²) in [5, 5.41) is 16.2. The van der Waals surface area contributed by atoms with Gasteiger partial charge >= 0.3 is 8.16 Å². The fraction of sp³-hybridized carbons (Fsp3) is 0.0625. The Kier molecular flexibility index (Phi) is 9.75. The van der Waals surface area contributed by atoms with Gasteiger partial charge in [-0.25, -0.2) is 0 Å². The minimum absolute atomic E-state index is 0.0988. The van der Waals surface area contributed by atoms with Crippen LogP contribution in [0.25, 0.3) is 109 Å². The molecular weight excluding hydrogens is 846 g/mol. The van der Waals surface area contributed by atoms with E-state index in [1.807, 2.05) is 0 Å². The van der Waals surface area contributed by atoms with Gasteiger partial charge in [0, 0.05) is 34.0 Å². The van der Waals surface area contributed by atoms with Gasteiger partial charge in [-0.2, -0.15) is 4.67 Å². The molecule has 1 heterocycles. The Morgan fingerprint density at radius 1 is 0.309 bits per heavy atom. The molecule has 0 saturated heterocycles. The van der Waals surface area contributed by atoms with Gasteiger partial charge in [0.25, 0.3) is 0 Å². The second-order valence-electron chi connectivity index (χ2n) is 18.1. The van der Waals surface area contributed by atoms with Crippen LogP contribution in [0.1, 0.15) is 37.1 Å². The predicted octanol–water partition coefficient (Wildman–Crippen LogP) is 19.0. The number of hydrogen-bond donors (Lipinski definition) is 0. The summed E-state index contributed by atoms with van der Waals surface area (Å²) in [7, 11) is -1.91. The molecule has 2 atom stereocenters. The lowest BCUT2D eigenvalue weighted by atomic mass is 9.88. The smallest absolute Gasteiger partial charge is 0.310 e. The zero-order chi connectivity index (χ0) is 45.3. The maximum atomic E-state index is 8.01. The lowest BCUT2D eigenvalue weighted by Gasteiger charge is -2.32. The molecular formula is C64H46NO2P. The first-order chi connectivity index (χ1) is 33.6. The van der Waals surface area contributed by atoms with Crippen LogP contribution in [0.2, 0.25) is 0 Å². The summed E-state index contributed by atoms with van der Waals surface area (Å²) in [6.45, 7) is 4.60. The van der Waals surface area contributed by atoms with Gasteiger partial charge in [-0.3, -0.25) is 0 Å². The third kappa shape index (κ3) is 6.54. The van der Waals surface area contributed by atoms with Crippen molar-refractivity contribution >= 4 is 94.7 Å². The normalized spacial score (nSPS) is 12.9. The van der Waals surface area contributed by atoms with Crippen LogP contribution >= 0.6 is 8.16 Å². The van der Waals surface area contributed by atoms with Crippen LogP contribution in [0.5, 0.6) is 0 Å². The zero-order valence-electron chi connectivity index (χ0n) is 37.8. The van der Waals surface area contributed by atoms with Gasteiger partial charge in [-0.05, 0) is 125 Å². The molecule has 0 spiro atoms. The van der Waals surface area contributed by atoms with Gasteiger partial charge < -0.3 is 8.39 Å². The summed E-state index contributed by atoms with van der Waals surface area (Å²) in [6, 6.07) is 83.7. The minimum Gasteiger partial charge on any atom is -0.407 e. The summed E-state index contributed by atoms with van der Waals surface area (Å²) in [5.74, 6) is 0. The van der Waals surface area contributed by atoms with E-state index in [9.17, 15) is 0 Å². The lowest BCUT2D eigenvalue weighted by molar-refractivity contribution is 0.559. The van der Waals surface area contributed by atoms with Crippen LogP contribution in [0, 0.1) is 0 Å². The van der Waals surface area contributed by atoms with Crippen molar-refractivity contribution in [1.82, 2.24) is 0 Å². The van der Waals surface area contributed by atoms with E-state index in [1.165, 1.54) is 54.2 Å². The van der Waals surface area contributed by atoms with Gasteiger partial charge in [0.15, 0.2) is 11.2 Å². The van der Waals surface area contributed by atoms with Crippen LogP contribution in [-0.4, -0.2) is 0 Å². The van der Waals surface area contributed by atoms with Crippen LogP contribution in [0.15, 0.2) is 239 Å². The quantitative estimate of drug-likeness (QED) is 0.149. The number of hydrogen-bond acceptors (Lipinski definition) is 3. The number of fused-ring (bicyclic) bond motifs is 13. The third-order valence-electron chi connectivity index (χ3n) is 14.3. The van der Waals surface area contributed by atoms with E-state index in [2.05, 4.69) is 249 Å². The van der Waals surface area contributed by atoms with Crippen molar-refractivity contribution < 1.29 is 8.39 Å². The van der Waals surface area contributed by atoms with E-state index in [4.69, 9.17) is 8.39 Å². The highest BCUT2D eigenvalue weighted by atomic mass is 31.1. The van der Waals surface area contributed by atoms with Crippen molar-refractivity contribution in [3.8, 4) is 22.3 Å². The molecule has 0 unspecified atom stereocenters. The molecule has 3 nitrogen and oxygen atoms in total. The van der Waals surface area contributed by atoms with Crippen LogP contribution in [0.3, 0.4) is 0 Å². The molecule has 0 aliphatic rings. The molecule has 13 aromatic rings. The fourth-order valence-electron chi connectivity index (χ4n) is 11.0. The predicted molar refractivity (Wildman–Crippen MR) is 290 cm³/mol. The van der Waals surface area contributed by atoms with E-state index < -0.39 is 8.16 Å². The molecule has 12 aromatic carbocycles. The highest BCUT2D eigenvalue weighted by molar-refractivity contribution is 7.39. The Labute approximate surface area is 395 Å². The molecule has 68 heavy (non-hydrogen) atoms. The topological polar surface area (TPSA) is 29.5 Å². The van der Waals surface area contributed by atoms with E-state index in [0.29, 0.717) is 0 Å². The molecule has 0 fully saturated rings. The third-order valence-corrected chi connectivity index (χ3v) is 16.0. The second kappa shape index (κ2) is 16.4. The first-order valence-electron chi connectivity index (χ1n) is 23.6. The Morgan fingerprint density at radius 2 is 0.603 bits per heavy atom. The molecule has 0 N–H and O–H groups in total. The highest BCUT2D eigenvalue weighted by Gasteiger charge is 2.31. The Morgan fingerprint density at radius 3 is 1.00 bits per heavy atom. The van der Waals surface area contributed by atoms with Crippen molar-refractivity contribution in [3.05, 3.63) is 242 Å². The molecule has 13 rings (SSSR count). The van der Waals surface area contributed by atoms with E-state index in [1.54, 1.807) is 0 Å². The number of nitrogens with zero attached hydrogens (tertiary/aromatic N) is 1. The van der Waals surface area contributed by atoms with E-state index in [-0.39, 0.29) is 12.1 Å². The number of rotatable bonds is 7. The van der Waals surface area contributed by atoms with Gasteiger partial charge in [0.2, 0.25) is 0 Å². The first-order valence-corrected chi connectivity index (χ1v) is 24.7. The highest BCUT2D eigenvalue weighted by Crippen LogP contribution is 2.53. The molecule has 324 valence electrons. The SMILES string of the molecule is C[C@H](c1ccccc1)N([C@H](C)c1ccccc1)p1oc2c(-c3cc4ccccc4c4ccccc34)cc3ccccc3c2c2c(o1)c(-c1cc3ccccc3c3ccccc13)cc1ccccc12. The summed E-state index contributed by atoms with van der Waals surface area (Å²) in [6.07, 6.45) is 0. The molecule has 0 radical (unpaired) electrons. The Balaban J connectivity index is 1.28. The second-order valence-corrected chi connectivity index (χ2v) is 19.4. The summed E-state index contributed by atoms with van der Waals surface area (Å²) in [5.41, 5.74) is 8.35. The van der Waals surface area contributed by atoms with Gasteiger partial charge in [0.1, 0.15) is 0 Å². The zero-order valence-corrected chi connectivity index (χ0v) is 38.7. The summed E-state index contributed by atoms with van der Waals surface area (Å²) >= 11 is 0. The fourth-order valence-corrected chi connectivity index (χ4v) is 12.7. The van der Waals surface area contributed by atoms with Crippen molar-refractivity contribution in [2.45, 2.75) is 25.9 Å². The van der Waals surface area contributed by atoms with Crippen LogP contribution in [-0.2, 0) is 0 Å². The molecule has 0 bridgehead atoms. The molecule has 0 aliphatic heterocycles. The lowest BCUT2D eigenvalue weighted by Crippen LogP contribution is -2.27. The van der Waals surface area contributed by atoms with Gasteiger partial charge in [-0.1, -0.05) is 206 Å². The van der Waals surface area contributed by atoms with E-state index in [0.717, 1.165) is 65.7 Å². The summed E-state index contributed by atoms with van der Waals surface area (Å²) in [4.78, 5) is 0. The van der Waals surface area contributed by atoms with Gasteiger partial charge in [0.05, 0.1) is 0 Å². The van der Waals surface area contributed by atoms with Crippen molar-refractivity contribution in [3.63, 3.8) is 0 Å². The molecule has 0 aliphatic carbocycles. The molecule has 0 amide bonds. The average molecular weight is 892 g/mol. The average Bonchev–Trinajstić information content (AvgIpc) is 3.58. The minimum atomic E-state index is -1.91. The molecule has 0 saturated carbocycles. The number of benzene rings is 12. The largest absolute Gasteiger partial charge is 0.407 e. The van der Waals surface area contributed by atoms with Crippen molar-refractivity contribution in [2.24, 2.45) is 0 Å². The first kappa shape index (κ1) is 40.3. The van der Waals surface area contributed by atoms with Crippen molar-refractivity contribution in [1.29, 1.82) is 0 Å². The van der Waals surface area contributed by atoms with Crippen LogP contribution < -0.4 is 4.67 Å². The summed E-state index contributed by atoms with van der Waals surface area (Å²) < 4.78 is 18.5. The Bertz CT molecular complexity index is 3880. The Hall–Kier alpha value is -7.94. The standard InChI is InChI=1S/C64H46NO2P/c1-41(43-21-5-3-6-22-43)65(42(2)44-23-7-4-8-24-44)68-66-63-59(57-37-45-25-9-13-29-49(45)53-33-17-19-35-55(53)57)39-47-27-11-15-31-51(47)61(63)62-52-32-16-12-28-48(52)40-60(64(62)67-68)58-38-46-26-10-14-30-50(46)54-34-18-20-36-56(54)58/h3-42H,1-2H3/t41-,42-/m1/s1. The monoisotopic (exact) mass is 891 g/mol. The maximum Gasteiger partial charge on any atom is 0.310 e. The van der Waals surface area contributed by atoms with Crippen LogP contribution in [0.4, 0.5) is 0 Å². The van der Waals surface area contributed by atoms with Gasteiger partial charge in [-0.15, -0.1) is 0 Å². The van der Waals surface area contributed by atoms with Crippen molar-refractivity contribution in [2.75, 3.05) is 4.67 Å². The van der Waals surface area contributed by atoms with E-state index >= 15 is 0 Å². The maximum absolute atomic E-state index is 8.01. The molecule has 4 heteroatoms. The molecule has 1 aromatic heterocycles.